The van der Waals surface area contributed by atoms with Crippen LogP contribution in [0.3, 0.4) is 0 Å². The smallest absolute Gasteiger partial charge is 0.238 e. The van der Waals surface area contributed by atoms with Crippen LogP contribution in [0.15, 0.2) is 18.2 Å². The number of amides is 2. The molecule has 5 nitrogen and oxygen atoms in total. The Morgan fingerprint density at radius 3 is 3.00 bits per heavy atom. The molecular formula is C13H16ClN3O2. The predicted molar refractivity (Wildman–Crippen MR) is 74.3 cm³/mol. The third-order valence-corrected chi connectivity index (χ3v) is 3.18. The molecule has 1 fully saturated rings. The summed E-state index contributed by atoms with van der Waals surface area (Å²) in [7, 11) is 0. The van der Waals surface area contributed by atoms with E-state index in [2.05, 4.69) is 10.6 Å². The third kappa shape index (κ3) is 3.94. The molecule has 1 saturated heterocycles. The van der Waals surface area contributed by atoms with Crippen LogP contribution in [0.25, 0.3) is 0 Å². The number of piperazine rings is 1. The number of hydrogen-bond acceptors (Lipinski definition) is 3. The summed E-state index contributed by atoms with van der Waals surface area (Å²) in [4.78, 5) is 24.9. The van der Waals surface area contributed by atoms with Crippen molar-refractivity contribution in [2.24, 2.45) is 0 Å². The van der Waals surface area contributed by atoms with Crippen LogP contribution in [-0.4, -0.2) is 42.9 Å². The zero-order chi connectivity index (χ0) is 13.8. The van der Waals surface area contributed by atoms with Crippen molar-refractivity contribution in [2.45, 2.75) is 6.92 Å². The van der Waals surface area contributed by atoms with Crippen LogP contribution in [-0.2, 0) is 9.59 Å². The number of carbonyl (C=O) groups is 2. The van der Waals surface area contributed by atoms with Crippen molar-refractivity contribution in [3.8, 4) is 0 Å². The Labute approximate surface area is 116 Å². The molecule has 0 aromatic heterocycles. The number of nitrogens with zero attached hydrogens (tertiary/aromatic N) is 1. The van der Waals surface area contributed by atoms with Crippen molar-refractivity contribution in [1.29, 1.82) is 0 Å². The van der Waals surface area contributed by atoms with Crippen molar-refractivity contribution in [2.75, 3.05) is 31.5 Å². The first-order valence-corrected chi connectivity index (χ1v) is 6.47. The van der Waals surface area contributed by atoms with Crippen LogP contribution in [0.2, 0.25) is 5.02 Å². The molecule has 0 saturated carbocycles. The summed E-state index contributed by atoms with van der Waals surface area (Å²) in [6.07, 6.45) is 0. The molecule has 102 valence electrons. The Morgan fingerprint density at radius 2 is 2.32 bits per heavy atom. The van der Waals surface area contributed by atoms with Gasteiger partial charge < -0.3 is 10.6 Å². The van der Waals surface area contributed by atoms with E-state index < -0.39 is 0 Å². The Morgan fingerprint density at radius 1 is 1.53 bits per heavy atom. The van der Waals surface area contributed by atoms with Gasteiger partial charge in [0.1, 0.15) is 0 Å². The molecule has 1 aliphatic heterocycles. The quantitative estimate of drug-likeness (QED) is 0.870. The van der Waals surface area contributed by atoms with Crippen molar-refractivity contribution in [1.82, 2.24) is 10.2 Å². The Bertz CT molecular complexity index is 505. The molecule has 1 heterocycles. The highest BCUT2D eigenvalue weighted by Crippen LogP contribution is 2.19. The third-order valence-electron chi connectivity index (χ3n) is 2.95. The van der Waals surface area contributed by atoms with Gasteiger partial charge in [-0.05, 0) is 30.7 Å². The number of carbonyl (C=O) groups excluding carboxylic acids is 2. The van der Waals surface area contributed by atoms with Gasteiger partial charge in [-0.2, -0.15) is 0 Å². The minimum absolute atomic E-state index is 0.0401. The number of rotatable bonds is 3. The second-order valence-corrected chi connectivity index (χ2v) is 5.00. The lowest BCUT2D eigenvalue weighted by atomic mass is 10.2. The second-order valence-electron chi connectivity index (χ2n) is 4.57. The van der Waals surface area contributed by atoms with E-state index in [4.69, 9.17) is 11.6 Å². The molecule has 1 aromatic carbocycles. The fourth-order valence-corrected chi connectivity index (χ4v) is 2.21. The average molecular weight is 282 g/mol. The molecule has 6 heteroatoms. The van der Waals surface area contributed by atoms with Gasteiger partial charge in [-0.3, -0.25) is 14.5 Å². The van der Waals surface area contributed by atoms with Gasteiger partial charge in [0.25, 0.3) is 0 Å². The van der Waals surface area contributed by atoms with Gasteiger partial charge in [0.15, 0.2) is 0 Å². The highest BCUT2D eigenvalue weighted by atomic mass is 35.5. The number of aryl methyl sites for hydroxylation is 1. The van der Waals surface area contributed by atoms with Gasteiger partial charge in [0.05, 0.1) is 13.1 Å². The summed E-state index contributed by atoms with van der Waals surface area (Å²) in [5.41, 5.74) is 1.66. The van der Waals surface area contributed by atoms with Crippen molar-refractivity contribution in [3.63, 3.8) is 0 Å². The lowest BCUT2D eigenvalue weighted by Crippen LogP contribution is -2.49. The maximum absolute atomic E-state index is 11.9. The molecule has 0 bridgehead atoms. The molecule has 1 aliphatic rings. The first-order chi connectivity index (χ1) is 9.04. The monoisotopic (exact) mass is 281 g/mol. The zero-order valence-electron chi connectivity index (χ0n) is 10.7. The number of nitrogens with one attached hydrogen (secondary N) is 2. The van der Waals surface area contributed by atoms with Crippen LogP contribution in [0.4, 0.5) is 5.69 Å². The number of hydrogen-bond donors (Lipinski definition) is 2. The second kappa shape index (κ2) is 6.04. The van der Waals surface area contributed by atoms with Crippen LogP contribution in [0, 0.1) is 6.92 Å². The first kappa shape index (κ1) is 13.8. The van der Waals surface area contributed by atoms with E-state index >= 15 is 0 Å². The summed E-state index contributed by atoms with van der Waals surface area (Å²) in [6, 6.07) is 5.31. The fourth-order valence-electron chi connectivity index (χ4n) is 1.99. The first-order valence-electron chi connectivity index (χ1n) is 6.09. The van der Waals surface area contributed by atoms with Crippen LogP contribution in [0.5, 0.6) is 0 Å². The molecule has 2 rings (SSSR count). The van der Waals surface area contributed by atoms with Gasteiger partial charge in [-0.25, -0.2) is 0 Å². The summed E-state index contributed by atoms with van der Waals surface area (Å²) in [6.45, 7) is 3.66. The van der Waals surface area contributed by atoms with Crippen molar-refractivity contribution in [3.05, 3.63) is 28.8 Å². The van der Waals surface area contributed by atoms with E-state index in [0.29, 0.717) is 18.1 Å². The summed E-state index contributed by atoms with van der Waals surface area (Å²) in [5.74, 6) is -0.165. The standard InChI is InChI=1S/C13H16ClN3O2/c1-9-6-10(14)2-3-11(9)16-13(19)8-17-5-4-15-12(18)7-17/h2-3,6H,4-5,7-8H2,1H3,(H,15,18)(H,16,19). The minimum atomic E-state index is -0.125. The van der Waals surface area contributed by atoms with Gasteiger partial charge in [0, 0.05) is 23.8 Å². The van der Waals surface area contributed by atoms with Crippen molar-refractivity contribution >= 4 is 29.1 Å². The molecule has 0 atom stereocenters. The van der Waals surface area contributed by atoms with Crippen molar-refractivity contribution < 1.29 is 9.59 Å². The molecule has 2 N–H and O–H groups in total. The topological polar surface area (TPSA) is 61.4 Å². The normalized spacial score (nSPS) is 16.0. The SMILES string of the molecule is Cc1cc(Cl)ccc1NC(=O)CN1CCNC(=O)C1. The zero-order valence-corrected chi connectivity index (χ0v) is 11.5. The highest BCUT2D eigenvalue weighted by molar-refractivity contribution is 6.30. The molecule has 1 aromatic rings. The van der Waals surface area contributed by atoms with Gasteiger partial charge >= 0.3 is 0 Å². The van der Waals surface area contributed by atoms with Crippen LogP contribution in [0.1, 0.15) is 5.56 Å². The average Bonchev–Trinajstić information content (AvgIpc) is 2.33. The van der Waals surface area contributed by atoms with Crippen LogP contribution >= 0.6 is 11.6 Å². The molecular weight excluding hydrogens is 266 g/mol. The molecule has 19 heavy (non-hydrogen) atoms. The Balaban J connectivity index is 1.92. The number of anilines is 1. The Hall–Kier alpha value is -1.59. The summed E-state index contributed by atoms with van der Waals surface area (Å²) >= 11 is 5.86. The minimum Gasteiger partial charge on any atom is -0.354 e. The lowest BCUT2D eigenvalue weighted by Gasteiger charge is -2.25. The fraction of sp³-hybridized carbons (Fsp3) is 0.385. The predicted octanol–water partition coefficient (Wildman–Crippen LogP) is 1.02. The number of halogens is 1. The highest BCUT2D eigenvalue weighted by Gasteiger charge is 2.18. The summed E-state index contributed by atoms with van der Waals surface area (Å²) < 4.78 is 0. The maximum Gasteiger partial charge on any atom is 0.238 e. The molecule has 0 unspecified atom stereocenters. The summed E-state index contributed by atoms with van der Waals surface area (Å²) in [5, 5.41) is 6.19. The van der Waals surface area contributed by atoms with E-state index in [1.165, 1.54) is 0 Å². The van der Waals surface area contributed by atoms with E-state index in [1.807, 2.05) is 11.8 Å². The van der Waals surface area contributed by atoms with Gasteiger partial charge in [0.2, 0.25) is 11.8 Å². The van der Waals surface area contributed by atoms with E-state index in [-0.39, 0.29) is 24.9 Å². The molecule has 0 aliphatic carbocycles. The number of benzene rings is 1. The van der Waals surface area contributed by atoms with Gasteiger partial charge in [-0.15, -0.1) is 0 Å². The maximum atomic E-state index is 11.9. The van der Waals surface area contributed by atoms with E-state index in [1.54, 1.807) is 18.2 Å². The molecule has 0 radical (unpaired) electrons. The van der Waals surface area contributed by atoms with Crippen LogP contribution < -0.4 is 10.6 Å². The van der Waals surface area contributed by atoms with E-state index in [9.17, 15) is 9.59 Å². The Kier molecular flexibility index (Phi) is 4.39. The molecule has 0 spiro atoms. The lowest BCUT2D eigenvalue weighted by molar-refractivity contribution is -0.125. The van der Waals surface area contributed by atoms with E-state index in [0.717, 1.165) is 11.3 Å². The molecule has 2 amide bonds. The largest absolute Gasteiger partial charge is 0.354 e. The van der Waals surface area contributed by atoms with Gasteiger partial charge in [-0.1, -0.05) is 11.6 Å².